The van der Waals surface area contributed by atoms with Crippen molar-refractivity contribution < 1.29 is 4.79 Å². The number of amides is 1. The van der Waals surface area contributed by atoms with E-state index in [0.29, 0.717) is 16.6 Å². The minimum atomic E-state index is -0.0741. The first-order valence-corrected chi connectivity index (χ1v) is 7.66. The summed E-state index contributed by atoms with van der Waals surface area (Å²) in [6.45, 7) is 3.28. The lowest BCUT2D eigenvalue weighted by Gasteiger charge is -2.26. The van der Waals surface area contributed by atoms with Crippen molar-refractivity contribution in [3.05, 3.63) is 33.8 Å². The Labute approximate surface area is 130 Å². The van der Waals surface area contributed by atoms with Crippen LogP contribution in [0.5, 0.6) is 0 Å². The van der Waals surface area contributed by atoms with Crippen molar-refractivity contribution in [2.45, 2.75) is 25.8 Å². The number of likely N-dealkylation sites (N-methyl/N-ethyl adjacent to an activating group) is 1. The Balaban J connectivity index is 1.92. The predicted molar refractivity (Wildman–Crippen MR) is 83.2 cm³/mol. The number of benzene rings is 1. The number of rotatable bonds is 6. The highest BCUT2D eigenvalue weighted by Gasteiger charge is 2.22. The third-order valence-corrected chi connectivity index (χ3v) is 4.36. The summed E-state index contributed by atoms with van der Waals surface area (Å²) in [6, 6.07) is 5.30. The van der Waals surface area contributed by atoms with Crippen molar-refractivity contribution in [3.8, 4) is 0 Å². The first kappa shape index (κ1) is 15.6. The zero-order valence-electron chi connectivity index (χ0n) is 11.8. The van der Waals surface area contributed by atoms with E-state index in [1.807, 2.05) is 13.0 Å². The van der Waals surface area contributed by atoms with E-state index in [9.17, 15) is 4.79 Å². The molecule has 2 rings (SSSR count). The molecule has 20 heavy (non-hydrogen) atoms. The zero-order valence-corrected chi connectivity index (χ0v) is 13.3. The Hall–Kier alpha value is -0.770. The van der Waals surface area contributed by atoms with E-state index in [1.165, 1.54) is 12.8 Å². The van der Waals surface area contributed by atoms with Crippen molar-refractivity contribution in [1.82, 2.24) is 10.2 Å². The molecule has 1 amide bonds. The van der Waals surface area contributed by atoms with Crippen LogP contribution in [0, 0.1) is 5.92 Å². The minimum Gasteiger partial charge on any atom is -0.338 e. The highest BCUT2D eigenvalue weighted by molar-refractivity contribution is 6.35. The Morgan fingerprint density at radius 2 is 2.15 bits per heavy atom. The molecule has 1 fully saturated rings. The summed E-state index contributed by atoms with van der Waals surface area (Å²) in [4.78, 5) is 13.8. The molecule has 0 saturated heterocycles. The summed E-state index contributed by atoms with van der Waals surface area (Å²) < 4.78 is 0. The standard InChI is InChI=1S/C15H20Cl2N2O/c1-10(13-6-5-12(16)7-14(13)17)19(2)15(20)9-18-8-11-3-4-11/h5-7,10-11,18H,3-4,8-9H2,1-2H3. The number of hydrogen-bond acceptors (Lipinski definition) is 2. The van der Waals surface area contributed by atoms with Gasteiger partial charge < -0.3 is 10.2 Å². The summed E-state index contributed by atoms with van der Waals surface area (Å²) in [5.41, 5.74) is 0.911. The van der Waals surface area contributed by atoms with Gasteiger partial charge in [-0.3, -0.25) is 4.79 Å². The summed E-state index contributed by atoms with van der Waals surface area (Å²) in [6.07, 6.45) is 2.57. The van der Waals surface area contributed by atoms with Gasteiger partial charge in [0.05, 0.1) is 12.6 Å². The molecule has 1 aliphatic rings. The minimum absolute atomic E-state index is 0.0733. The van der Waals surface area contributed by atoms with Gasteiger partial charge in [0.1, 0.15) is 0 Å². The van der Waals surface area contributed by atoms with Crippen LogP contribution in [0.2, 0.25) is 10.0 Å². The van der Waals surface area contributed by atoms with Crippen LogP contribution in [-0.2, 0) is 4.79 Å². The number of nitrogens with one attached hydrogen (secondary N) is 1. The molecule has 0 spiro atoms. The molecule has 1 atom stereocenters. The van der Waals surface area contributed by atoms with Crippen LogP contribution in [0.25, 0.3) is 0 Å². The molecule has 5 heteroatoms. The van der Waals surface area contributed by atoms with Crippen molar-refractivity contribution in [2.75, 3.05) is 20.1 Å². The fourth-order valence-electron chi connectivity index (χ4n) is 2.09. The molecule has 1 aromatic rings. The zero-order chi connectivity index (χ0) is 14.7. The maximum absolute atomic E-state index is 12.1. The Kier molecular flexibility index (Phi) is 5.30. The Bertz CT molecular complexity index is 489. The molecular formula is C15H20Cl2N2O. The maximum Gasteiger partial charge on any atom is 0.236 e. The summed E-state index contributed by atoms with van der Waals surface area (Å²) in [5, 5.41) is 4.41. The van der Waals surface area contributed by atoms with Crippen molar-refractivity contribution in [3.63, 3.8) is 0 Å². The maximum atomic E-state index is 12.1. The molecule has 1 N–H and O–H groups in total. The van der Waals surface area contributed by atoms with Crippen molar-refractivity contribution in [1.29, 1.82) is 0 Å². The number of hydrogen-bond donors (Lipinski definition) is 1. The molecule has 0 bridgehead atoms. The molecule has 1 unspecified atom stereocenters. The molecule has 3 nitrogen and oxygen atoms in total. The van der Waals surface area contributed by atoms with Crippen molar-refractivity contribution >= 4 is 29.1 Å². The second-order valence-electron chi connectivity index (χ2n) is 5.42. The van der Waals surface area contributed by atoms with Gasteiger partial charge in [-0.2, -0.15) is 0 Å². The third-order valence-electron chi connectivity index (χ3n) is 3.79. The number of carbonyl (C=O) groups excluding carboxylic acids is 1. The van der Waals surface area contributed by atoms with Gasteiger partial charge in [0, 0.05) is 17.1 Å². The molecule has 1 aromatic carbocycles. The third kappa shape index (κ3) is 4.11. The molecular weight excluding hydrogens is 295 g/mol. The Morgan fingerprint density at radius 1 is 1.45 bits per heavy atom. The average molecular weight is 315 g/mol. The van der Waals surface area contributed by atoms with Gasteiger partial charge in [-0.15, -0.1) is 0 Å². The molecule has 0 aromatic heterocycles. The molecule has 0 heterocycles. The van der Waals surface area contributed by atoms with Gasteiger partial charge in [-0.1, -0.05) is 29.3 Å². The van der Waals surface area contributed by atoms with E-state index >= 15 is 0 Å². The Morgan fingerprint density at radius 3 is 2.75 bits per heavy atom. The second-order valence-corrected chi connectivity index (χ2v) is 6.26. The summed E-state index contributed by atoms with van der Waals surface area (Å²) >= 11 is 12.1. The van der Waals surface area contributed by atoms with E-state index in [0.717, 1.165) is 18.0 Å². The molecule has 1 saturated carbocycles. The van der Waals surface area contributed by atoms with Gasteiger partial charge in [0.25, 0.3) is 0 Å². The van der Waals surface area contributed by atoms with E-state index in [2.05, 4.69) is 5.32 Å². The van der Waals surface area contributed by atoms with Gasteiger partial charge in [-0.25, -0.2) is 0 Å². The lowest BCUT2D eigenvalue weighted by atomic mass is 10.1. The summed E-state index contributed by atoms with van der Waals surface area (Å²) in [5.74, 6) is 0.848. The van der Waals surface area contributed by atoms with E-state index in [1.54, 1.807) is 24.1 Å². The lowest BCUT2D eigenvalue weighted by molar-refractivity contribution is -0.130. The monoisotopic (exact) mass is 314 g/mol. The SMILES string of the molecule is CC(c1ccc(Cl)cc1Cl)N(C)C(=O)CNCC1CC1. The van der Waals surface area contributed by atoms with Gasteiger partial charge in [0.15, 0.2) is 0 Å². The second kappa shape index (κ2) is 6.79. The first-order chi connectivity index (χ1) is 9.49. The highest BCUT2D eigenvalue weighted by atomic mass is 35.5. The number of nitrogens with zero attached hydrogens (tertiary/aromatic N) is 1. The normalized spacial score (nSPS) is 16.0. The fraction of sp³-hybridized carbons (Fsp3) is 0.533. The van der Waals surface area contributed by atoms with Crippen LogP contribution in [0.4, 0.5) is 0 Å². The van der Waals surface area contributed by atoms with Gasteiger partial charge in [-0.05, 0) is 49.9 Å². The smallest absolute Gasteiger partial charge is 0.236 e. The van der Waals surface area contributed by atoms with E-state index < -0.39 is 0 Å². The lowest BCUT2D eigenvalue weighted by Crippen LogP contribution is -2.37. The van der Waals surface area contributed by atoms with Crippen LogP contribution < -0.4 is 5.32 Å². The molecule has 1 aliphatic carbocycles. The van der Waals surface area contributed by atoms with Crippen LogP contribution in [0.15, 0.2) is 18.2 Å². The quantitative estimate of drug-likeness (QED) is 0.871. The highest BCUT2D eigenvalue weighted by Crippen LogP contribution is 2.29. The van der Waals surface area contributed by atoms with Gasteiger partial charge in [0.2, 0.25) is 5.91 Å². The largest absolute Gasteiger partial charge is 0.338 e. The molecule has 110 valence electrons. The molecule has 0 aliphatic heterocycles. The van der Waals surface area contributed by atoms with Crippen molar-refractivity contribution in [2.24, 2.45) is 5.92 Å². The van der Waals surface area contributed by atoms with Crippen LogP contribution in [0.1, 0.15) is 31.4 Å². The van der Waals surface area contributed by atoms with E-state index in [-0.39, 0.29) is 11.9 Å². The van der Waals surface area contributed by atoms with E-state index in [4.69, 9.17) is 23.2 Å². The summed E-state index contributed by atoms with van der Waals surface area (Å²) in [7, 11) is 1.80. The predicted octanol–water partition coefficient (Wildman–Crippen LogP) is 3.51. The van der Waals surface area contributed by atoms with Crippen LogP contribution in [-0.4, -0.2) is 30.9 Å². The fourth-order valence-corrected chi connectivity index (χ4v) is 2.66. The van der Waals surface area contributed by atoms with Crippen LogP contribution in [0.3, 0.4) is 0 Å². The number of halogens is 2. The topological polar surface area (TPSA) is 32.3 Å². The number of carbonyl (C=O) groups is 1. The average Bonchev–Trinajstić information content (AvgIpc) is 3.21. The van der Waals surface area contributed by atoms with Crippen LogP contribution >= 0.6 is 23.2 Å². The van der Waals surface area contributed by atoms with Gasteiger partial charge >= 0.3 is 0 Å². The molecule has 0 radical (unpaired) electrons. The first-order valence-electron chi connectivity index (χ1n) is 6.90.